The molecular formula is C53H33IrN3O-2. The summed E-state index contributed by atoms with van der Waals surface area (Å²) in [5, 5.41) is 11.6. The minimum atomic E-state index is 0. The first-order chi connectivity index (χ1) is 28.2. The van der Waals surface area contributed by atoms with E-state index in [4.69, 9.17) is 9.40 Å². The molecule has 12 aromatic rings. The van der Waals surface area contributed by atoms with Gasteiger partial charge in [0.05, 0.1) is 22.4 Å². The third-order valence-electron chi connectivity index (χ3n) is 11.0. The van der Waals surface area contributed by atoms with Crippen LogP contribution in [0.25, 0.3) is 104 Å². The molecule has 0 amide bonds. The van der Waals surface area contributed by atoms with Gasteiger partial charge in [-0.3, -0.25) is 4.98 Å². The molecule has 0 unspecified atom stereocenters. The maximum atomic E-state index is 6.73. The molecule has 0 aliphatic carbocycles. The van der Waals surface area contributed by atoms with E-state index in [0.717, 1.165) is 71.9 Å². The first-order valence-corrected chi connectivity index (χ1v) is 19.2. The van der Waals surface area contributed by atoms with Crippen LogP contribution in [0.5, 0.6) is 0 Å². The number of benzene rings is 8. The largest absolute Gasteiger partial charge is 0.501 e. The molecule has 1 radical (unpaired) electrons. The molecule has 277 valence electrons. The smallest absolute Gasteiger partial charge is 0.121 e. The number of aryl methyl sites for hydroxylation is 1. The van der Waals surface area contributed by atoms with Gasteiger partial charge in [0.2, 0.25) is 0 Å². The molecule has 0 N–H and O–H groups in total. The molecule has 0 aliphatic heterocycles. The number of para-hydroxylation sites is 2. The molecule has 0 saturated heterocycles. The number of furan rings is 1. The predicted octanol–water partition coefficient (Wildman–Crippen LogP) is 13.9. The van der Waals surface area contributed by atoms with E-state index in [0.29, 0.717) is 0 Å². The number of imidazole rings is 1. The summed E-state index contributed by atoms with van der Waals surface area (Å²) in [5.41, 5.74) is 8.84. The SMILES string of the molecule is Cc1ccc2cc3c(cc2c1)oc1c(-c2nc4cccc5c6ccccc6c6ccccc6c6ccccc6n2c45)[c-]ccc13.[Ir].[c-]1ccccc1-c1ccccn1. The van der Waals surface area contributed by atoms with Crippen LogP contribution in [0, 0.1) is 19.1 Å². The first kappa shape index (κ1) is 35.5. The van der Waals surface area contributed by atoms with Crippen LogP contribution in [-0.4, -0.2) is 14.4 Å². The fourth-order valence-electron chi connectivity index (χ4n) is 8.39. The predicted molar refractivity (Wildman–Crippen MR) is 236 cm³/mol. The van der Waals surface area contributed by atoms with Gasteiger partial charge in [-0.25, -0.2) is 0 Å². The third kappa shape index (κ3) is 5.87. The molecule has 12 rings (SSSR count). The number of aromatic nitrogens is 3. The van der Waals surface area contributed by atoms with Crippen LogP contribution in [0.4, 0.5) is 0 Å². The Morgan fingerprint density at radius 3 is 2.00 bits per heavy atom. The molecule has 8 aromatic carbocycles. The summed E-state index contributed by atoms with van der Waals surface area (Å²) in [6.07, 6.45) is 1.79. The number of hydrogen-bond acceptors (Lipinski definition) is 3. The van der Waals surface area contributed by atoms with Crippen LogP contribution >= 0.6 is 0 Å². The molecule has 4 aromatic heterocycles. The van der Waals surface area contributed by atoms with E-state index in [9.17, 15) is 0 Å². The van der Waals surface area contributed by atoms with Gasteiger partial charge in [-0.05, 0) is 75.3 Å². The summed E-state index contributed by atoms with van der Waals surface area (Å²) >= 11 is 0. The van der Waals surface area contributed by atoms with E-state index < -0.39 is 0 Å². The number of rotatable bonds is 2. The van der Waals surface area contributed by atoms with E-state index in [1.807, 2.05) is 48.5 Å². The Morgan fingerprint density at radius 1 is 0.534 bits per heavy atom. The van der Waals surface area contributed by atoms with E-state index in [2.05, 4.69) is 156 Å². The molecule has 0 bridgehead atoms. The van der Waals surface area contributed by atoms with Gasteiger partial charge in [0.15, 0.2) is 0 Å². The summed E-state index contributed by atoms with van der Waals surface area (Å²) in [6.45, 7) is 2.12. The normalized spacial score (nSPS) is 11.4. The van der Waals surface area contributed by atoms with Crippen molar-refractivity contribution in [1.29, 1.82) is 0 Å². The molecule has 0 atom stereocenters. The van der Waals surface area contributed by atoms with Gasteiger partial charge in [-0.1, -0.05) is 126 Å². The molecular weight excluding hydrogens is 887 g/mol. The van der Waals surface area contributed by atoms with E-state index in [-0.39, 0.29) is 20.1 Å². The quantitative estimate of drug-likeness (QED) is 0.162. The molecule has 4 nitrogen and oxygen atoms in total. The van der Waals surface area contributed by atoms with Gasteiger partial charge in [0.1, 0.15) is 5.58 Å². The third-order valence-corrected chi connectivity index (χ3v) is 11.0. The van der Waals surface area contributed by atoms with E-state index in [1.54, 1.807) is 6.20 Å². The molecule has 58 heavy (non-hydrogen) atoms. The van der Waals surface area contributed by atoms with Gasteiger partial charge >= 0.3 is 0 Å². The monoisotopic (exact) mass is 920 g/mol. The summed E-state index contributed by atoms with van der Waals surface area (Å²) in [4.78, 5) is 9.57. The van der Waals surface area contributed by atoms with Crippen molar-refractivity contribution in [2.24, 2.45) is 0 Å². The van der Waals surface area contributed by atoms with Crippen LogP contribution in [0.2, 0.25) is 0 Å². The standard InChI is InChI=1S/C42H25N2O.C11H8N.Ir/c1-25-20-21-26-23-36-34-16-8-17-35(41(34)45-39(36)24-27(26)22-25)42-43-37-18-9-15-33-31-13-5-3-11-29(31)28-10-2-4-12-30(28)32-14-6-7-19-38(32)44(42)40(33)37;1-2-6-10(7-3-1)11-8-4-5-9-12-11;/h2-16,18-24H,1H3;1-6,8-9H;/q2*-1;. The topological polar surface area (TPSA) is 43.3 Å². The molecule has 0 fully saturated rings. The zero-order valence-corrected chi connectivity index (χ0v) is 33.8. The minimum Gasteiger partial charge on any atom is -0.501 e. The Kier molecular flexibility index (Phi) is 8.90. The second kappa shape index (κ2) is 14.5. The maximum Gasteiger partial charge on any atom is 0.121 e. The number of fused-ring (bicyclic) bond motifs is 11. The molecule has 4 heterocycles. The molecule has 0 aliphatic rings. The van der Waals surface area contributed by atoms with Gasteiger partial charge in [-0.15, -0.1) is 54.1 Å². The van der Waals surface area contributed by atoms with Crippen molar-refractivity contribution >= 4 is 81.6 Å². The van der Waals surface area contributed by atoms with Crippen LogP contribution in [0.15, 0.2) is 187 Å². The molecule has 0 spiro atoms. The van der Waals surface area contributed by atoms with Gasteiger partial charge in [-0.2, -0.15) is 0 Å². The zero-order chi connectivity index (χ0) is 37.9. The van der Waals surface area contributed by atoms with Crippen LogP contribution in [0.1, 0.15) is 5.56 Å². The maximum absolute atomic E-state index is 6.73. The van der Waals surface area contributed by atoms with Crippen molar-refractivity contribution < 1.29 is 24.5 Å². The van der Waals surface area contributed by atoms with E-state index in [1.165, 1.54) is 37.9 Å². The van der Waals surface area contributed by atoms with Crippen molar-refractivity contribution in [3.8, 4) is 22.6 Å². The number of hydrogen-bond donors (Lipinski definition) is 0. The van der Waals surface area contributed by atoms with Crippen molar-refractivity contribution in [1.82, 2.24) is 14.4 Å². The minimum absolute atomic E-state index is 0. The van der Waals surface area contributed by atoms with Crippen molar-refractivity contribution in [2.45, 2.75) is 6.92 Å². The van der Waals surface area contributed by atoms with Gasteiger partial charge in [0, 0.05) is 48.0 Å². The summed E-state index contributed by atoms with van der Waals surface area (Å²) in [6, 6.07) is 68.0. The Labute approximate surface area is 348 Å². The van der Waals surface area contributed by atoms with E-state index >= 15 is 0 Å². The van der Waals surface area contributed by atoms with Gasteiger partial charge in [0.25, 0.3) is 0 Å². The number of pyridine rings is 1. The Bertz CT molecular complexity index is 3500. The summed E-state index contributed by atoms with van der Waals surface area (Å²) < 4.78 is 9.06. The fourth-order valence-corrected chi connectivity index (χ4v) is 8.39. The summed E-state index contributed by atoms with van der Waals surface area (Å²) in [7, 11) is 0. The van der Waals surface area contributed by atoms with Crippen molar-refractivity contribution in [3.05, 3.63) is 200 Å². The number of nitrogens with zero attached hydrogens (tertiary/aromatic N) is 3. The summed E-state index contributed by atoms with van der Waals surface area (Å²) in [5.74, 6) is 0.812. The molecule has 5 heteroatoms. The average Bonchev–Trinajstić information content (AvgIpc) is 3.85. The van der Waals surface area contributed by atoms with Crippen molar-refractivity contribution in [2.75, 3.05) is 0 Å². The fraction of sp³-hybridized carbons (Fsp3) is 0.0189. The average molecular weight is 920 g/mol. The molecule has 0 saturated carbocycles. The Hall–Kier alpha value is -6.91. The first-order valence-electron chi connectivity index (χ1n) is 19.2. The zero-order valence-electron chi connectivity index (χ0n) is 31.4. The Morgan fingerprint density at radius 2 is 1.24 bits per heavy atom. The van der Waals surface area contributed by atoms with Crippen LogP contribution < -0.4 is 0 Å². The second-order valence-corrected chi connectivity index (χ2v) is 14.4. The Balaban J connectivity index is 0.000000270. The van der Waals surface area contributed by atoms with Gasteiger partial charge < -0.3 is 13.8 Å². The van der Waals surface area contributed by atoms with Crippen LogP contribution in [0.3, 0.4) is 0 Å². The second-order valence-electron chi connectivity index (χ2n) is 14.4. The van der Waals surface area contributed by atoms with Crippen LogP contribution in [-0.2, 0) is 20.1 Å². The van der Waals surface area contributed by atoms with Crippen molar-refractivity contribution in [3.63, 3.8) is 0 Å².